The van der Waals surface area contributed by atoms with Gasteiger partial charge in [-0.3, -0.25) is 0 Å². The van der Waals surface area contributed by atoms with Crippen LogP contribution in [0, 0.1) is 0 Å². The Balaban J connectivity index is 3.29. The second-order valence-corrected chi connectivity index (χ2v) is 7.16. The Morgan fingerprint density at radius 2 is 1.75 bits per heavy atom. The summed E-state index contributed by atoms with van der Waals surface area (Å²) in [5.41, 5.74) is 5.76. The molecule has 0 fully saturated rings. The average Bonchev–Trinajstić information content (AvgIpc) is 2.04. The van der Waals surface area contributed by atoms with Gasteiger partial charge in [0.2, 0.25) is 10.0 Å². The highest BCUT2D eigenvalue weighted by atomic mass is 32.2. The minimum Gasteiger partial charge on any atom is -0.398 e. The van der Waals surface area contributed by atoms with Crippen LogP contribution in [0.15, 0.2) is 23.1 Å². The minimum absolute atomic E-state index is 0.000231. The van der Waals surface area contributed by atoms with Crippen molar-refractivity contribution in [1.82, 2.24) is 0 Å². The SMILES string of the molecule is CS(=O)(=O)Cc1ccc(N)c(S(N)(=O)=O)c1. The van der Waals surface area contributed by atoms with Crippen LogP contribution in [0.3, 0.4) is 0 Å². The van der Waals surface area contributed by atoms with Crippen molar-refractivity contribution in [1.29, 1.82) is 0 Å². The van der Waals surface area contributed by atoms with Crippen molar-refractivity contribution in [2.45, 2.75) is 10.6 Å². The fourth-order valence-corrected chi connectivity index (χ4v) is 2.71. The predicted octanol–water partition coefficient (Wildman–Crippen LogP) is -0.539. The van der Waals surface area contributed by atoms with E-state index in [9.17, 15) is 16.8 Å². The molecule has 0 spiro atoms. The molecule has 0 saturated carbocycles. The number of nitrogens with two attached hydrogens (primary N) is 2. The van der Waals surface area contributed by atoms with Gasteiger partial charge in [0.05, 0.1) is 11.4 Å². The Labute approximate surface area is 94.2 Å². The van der Waals surface area contributed by atoms with Crippen LogP contribution in [0.1, 0.15) is 5.56 Å². The molecule has 1 rings (SSSR count). The van der Waals surface area contributed by atoms with Crippen LogP contribution in [-0.2, 0) is 25.6 Å². The molecule has 6 nitrogen and oxygen atoms in total. The molecule has 0 aromatic heterocycles. The molecule has 0 amide bonds. The van der Waals surface area contributed by atoms with Crippen LogP contribution in [0.4, 0.5) is 5.69 Å². The summed E-state index contributed by atoms with van der Waals surface area (Å²) >= 11 is 0. The minimum atomic E-state index is -3.93. The first kappa shape index (κ1) is 12.9. The topological polar surface area (TPSA) is 120 Å². The molecule has 0 aliphatic heterocycles. The summed E-state index contributed by atoms with van der Waals surface area (Å²) in [5, 5.41) is 4.93. The standard InChI is InChI=1S/C8H12N2O4S2/c1-15(11,12)5-6-2-3-7(9)8(4-6)16(10,13)14/h2-4H,5,9H2,1H3,(H2,10,13,14). The normalized spacial score (nSPS) is 12.6. The summed E-state index contributed by atoms with van der Waals surface area (Å²) in [6.45, 7) is 0. The Kier molecular flexibility index (Phi) is 3.27. The second kappa shape index (κ2) is 4.04. The average molecular weight is 264 g/mol. The maximum atomic E-state index is 11.1. The maximum Gasteiger partial charge on any atom is 0.240 e. The van der Waals surface area contributed by atoms with Crippen LogP contribution in [0.5, 0.6) is 0 Å². The highest BCUT2D eigenvalue weighted by Gasteiger charge is 2.14. The van der Waals surface area contributed by atoms with E-state index in [1.807, 2.05) is 0 Å². The fourth-order valence-electron chi connectivity index (χ4n) is 1.22. The smallest absolute Gasteiger partial charge is 0.240 e. The first-order chi connectivity index (χ1) is 7.09. The van der Waals surface area contributed by atoms with Gasteiger partial charge in [-0.2, -0.15) is 0 Å². The number of primary sulfonamides is 1. The van der Waals surface area contributed by atoms with Crippen LogP contribution in [0.2, 0.25) is 0 Å². The molecule has 8 heteroatoms. The number of sulfonamides is 1. The zero-order valence-electron chi connectivity index (χ0n) is 8.54. The number of nitrogen functional groups attached to an aromatic ring is 1. The van der Waals surface area contributed by atoms with E-state index in [4.69, 9.17) is 10.9 Å². The van der Waals surface area contributed by atoms with Gasteiger partial charge >= 0.3 is 0 Å². The molecule has 1 aromatic rings. The molecule has 0 unspecified atom stereocenters. The quantitative estimate of drug-likeness (QED) is 0.710. The highest BCUT2D eigenvalue weighted by Crippen LogP contribution is 2.19. The Morgan fingerprint density at radius 3 is 2.19 bits per heavy atom. The molecular formula is C8H12N2O4S2. The number of anilines is 1. The third kappa shape index (κ3) is 3.47. The van der Waals surface area contributed by atoms with Crippen molar-refractivity contribution in [3.05, 3.63) is 23.8 Å². The Morgan fingerprint density at radius 1 is 1.19 bits per heavy atom. The van der Waals surface area contributed by atoms with Crippen molar-refractivity contribution in [2.75, 3.05) is 12.0 Å². The summed E-state index contributed by atoms with van der Waals surface area (Å²) in [4.78, 5) is -0.256. The van der Waals surface area contributed by atoms with Crippen LogP contribution in [-0.4, -0.2) is 23.1 Å². The first-order valence-corrected chi connectivity index (χ1v) is 7.79. The van der Waals surface area contributed by atoms with E-state index in [1.54, 1.807) is 0 Å². The van der Waals surface area contributed by atoms with Crippen molar-refractivity contribution < 1.29 is 16.8 Å². The van der Waals surface area contributed by atoms with E-state index < -0.39 is 19.9 Å². The summed E-state index contributed by atoms with van der Waals surface area (Å²) in [5.74, 6) is -0.254. The maximum absolute atomic E-state index is 11.1. The number of hydrogen-bond acceptors (Lipinski definition) is 5. The molecule has 0 aliphatic rings. The molecule has 4 N–H and O–H groups in total. The summed E-state index contributed by atoms with van der Waals surface area (Å²) < 4.78 is 44.3. The fraction of sp³-hybridized carbons (Fsp3) is 0.250. The summed E-state index contributed by atoms with van der Waals surface area (Å²) in [6.07, 6.45) is 1.06. The first-order valence-electron chi connectivity index (χ1n) is 4.18. The lowest BCUT2D eigenvalue weighted by Gasteiger charge is -2.06. The predicted molar refractivity (Wildman–Crippen MR) is 60.8 cm³/mol. The van der Waals surface area contributed by atoms with Gasteiger partial charge in [0, 0.05) is 6.26 Å². The van der Waals surface area contributed by atoms with Gasteiger partial charge in [0.1, 0.15) is 4.90 Å². The zero-order valence-corrected chi connectivity index (χ0v) is 10.2. The zero-order chi connectivity index (χ0) is 12.6. The molecular weight excluding hydrogens is 252 g/mol. The van der Waals surface area contributed by atoms with Crippen LogP contribution in [0.25, 0.3) is 0 Å². The lowest BCUT2D eigenvalue weighted by molar-refractivity contribution is 0.596. The van der Waals surface area contributed by atoms with Crippen LogP contribution < -0.4 is 10.9 Å². The van der Waals surface area contributed by atoms with Gasteiger partial charge in [-0.05, 0) is 17.7 Å². The van der Waals surface area contributed by atoms with Gasteiger partial charge in [-0.15, -0.1) is 0 Å². The Bertz CT molecular complexity index is 605. The number of rotatable bonds is 3. The largest absolute Gasteiger partial charge is 0.398 e. The number of benzene rings is 1. The molecule has 0 saturated heterocycles. The van der Waals surface area contributed by atoms with Gasteiger partial charge in [-0.1, -0.05) is 6.07 Å². The number of hydrogen-bond donors (Lipinski definition) is 2. The van der Waals surface area contributed by atoms with Crippen molar-refractivity contribution in [2.24, 2.45) is 5.14 Å². The third-order valence-corrected chi connectivity index (χ3v) is 3.64. The monoisotopic (exact) mass is 264 g/mol. The van der Waals surface area contributed by atoms with Gasteiger partial charge in [0.25, 0.3) is 0 Å². The van der Waals surface area contributed by atoms with Gasteiger partial charge in [0.15, 0.2) is 9.84 Å². The lowest BCUT2D eigenvalue weighted by Crippen LogP contribution is -2.15. The molecule has 90 valence electrons. The molecule has 0 aliphatic carbocycles. The Hall–Kier alpha value is -1.12. The van der Waals surface area contributed by atoms with Gasteiger partial charge in [-0.25, -0.2) is 22.0 Å². The molecule has 0 heterocycles. The van der Waals surface area contributed by atoms with E-state index >= 15 is 0 Å². The van der Waals surface area contributed by atoms with E-state index in [0.29, 0.717) is 5.56 Å². The molecule has 1 aromatic carbocycles. The van der Waals surface area contributed by atoms with E-state index in [1.165, 1.54) is 18.2 Å². The van der Waals surface area contributed by atoms with Crippen molar-refractivity contribution in [3.63, 3.8) is 0 Å². The molecule has 16 heavy (non-hydrogen) atoms. The third-order valence-electron chi connectivity index (χ3n) is 1.81. The van der Waals surface area contributed by atoms with E-state index in [-0.39, 0.29) is 16.3 Å². The van der Waals surface area contributed by atoms with Crippen molar-refractivity contribution in [3.8, 4) is 0 Å². The van der Waals surface area contributed by atoms with E-state index in [2.05, 4.69) is 0 Å². The molecule has 0 bridgehead atoms. The second-order valence-electron chi connectivity index (χ2n) is 3.49. The molecule has 0 atom stereocenters. The molecule has 0 radical (unpaired) electrons. The highest BCUT2D eigenvalue weighted by molar-refractivity contribution is 7.90. The van der Waals surface area contributed by atoms with Crippen molar-refractivity contribution >= 4 is 25.5 Å². The summed E-state index contributed by atoms with van der Waals surface area (Å²) in [7, 11) is -7.16. The van der Waals surface area contributed by atoms with Crippen LogP contribution >= 0.6 is 0 Å². The lowest BCUT2D eigenvalue weighted by atomic mass is 10.2. The van der Waals surface area contributed by atoms with E-state index in [0.717, 1.165) is 6.26 Å². The summed E-state index contributed by atoms with van der Waals surface area (Å²) in [6, 6.07) is 3.94. The number of sulfone groups is 1. The van der Waals surface area contributed by atoms with Gasteiger partial charge < -0.3 is 5.73 Å².